The molecule has 2 aromatic heterocycles. The zero-order chi connectivity index (χ0) is 27.8. The van der Waals surface area contributed by atoms with Gasteiger partial charge in [-0.25, -0.2) is 19.8 Å². The van der Waals surface area contributed by atoms with Crippen LogP contribution in [0.5, 0.6) is 0 Å². The first-order chi connectivity index (χ1) is 18.0. The van der Waals surface area contributed by atoms with Crippen LogP contribution in [0.3, 0.4) is 0 Å². The van der Waals surface area contributed by atoms with Gasteiger partial charge in [-0.3, -0.25) is 9.59 Å². The normalized spacial score (nSPS) is 13.3. The number of halogens is 4. The number of carbonyl (C=O) groups is 2. The molecule has 0 atom stereocenters. The van der Waals surface area contributed by atoms with Crippen molar-refractivity contribution in [3.8, 4) is 11.9 Å². The highest BCUT2D eigenvalue weighted by molar-refractivity contribution is 6.32. The summed E-state index contributed by atoms with van der Waals surface area (Å²) < 4.78 is 43.3. The van der Waals surface area contributed by atoms with Crippen molar-refractivity contribution in [3.63, 3.8) is 0 Å². The predicted octanol–water partition coefficient (Wildman–Crippen LogP) is 2.18. The zero-order valence-electron chi connectivity index (χ0n) is 19.7. The minimum atomic E-state index is -4.96. The molecule has 4 N–H and O–H groups in total. The summed E-state index contributed by atoms with van der Waals surface area (Å²) in [6, 6.07) is 8.81. The van der Waals surface area contributed by atoms with Crippen molar-refractivity contribution < 1.29 is 22.8 Å². The van der Waals surface area contributed by atoms with Crippen LogP contribution in [0.2, 0.25) is 5.02 Å². The molecule has 4 rings (SSSR count). The van der Waals surface area contributed by atoms with E-state index in [1.54, 1.807) is 6.07 Å². The summed E-state index contributed by atoms with van der Waals surface area (Å²) in [6.07, 6.45) is -3.55. The highest BCUT2D eigenvalue weighted by Crippen LogP contribution is 2.33. The molecule has 0 aliphatic carbocycles. The Morgan fingerprint density at radius 2 is 2.03 bits per heavy atom. The van der Waals surface area contributed by atoms with E-state index in [0.29, 0.717) is 5.01 Å². The van der Waals surface area contributed by atoms with Crippen molar-refractivity contribution in [3.05, 3.63) is 69.6 Å². The van der Waals surface area contributed by atoms with Crippen molar-refractivity contribution in [2.24, 2.45) is 10.8 Å². The third-order valence-corrected chi connectivity index (χ3v) is 5.70. The van der Waals surface area contributed by atoms with E-state index >= 15 is 0 Å². The van der Waals surface area contributed by atoms with Gasteiger partial charge < -0.3 is 11.1 Å². The molecule has 1 aliphatic heterocycles. The topological polar surface area (TPSA) is 158 Å². The molecule has 1 aliphatic rings. The zero-order valence-corrected chi connectivity index (χ0v) is 20.5. The Balaban J connectivity index is 1.76. The maximum atomic E-state index is 14.1. The van der Waals surface area contributed by atoms with Gasteiger partial charge in [-0.2, -0.15) is 23.5 Å². The lowest BCUT2D eigenvalue weighted by Gasteiger charge is -2.26. The van der Waals surface area contributed by atoms with Gasteiger partial charge in [-0.15, -0.1) is 10.6 Å². The van der Waals surface area contributed by atoms with Gasteiger partial charge in [0, 0.05) is 13.2 Å². The first kappa shape index (κ1) is 26.4. The fourth-order valence-electron chi connectivity index (χ4n) is 3.71. The van der Waals surface area contributed by atoms with Gasteiger partial charge in [0.05, 0.1) is 40.1 Å². The Morgan fingerprint density at radius 1 is 1.29 bits per heavy atom. The molecule has 12 nitrogen and oxygen atoms in total. The summed E-state index contributed by atoms with van der Waals surface area (Å²) in [5.74, 6) is -2.86. The average molecular weight is 547 g/mol. The summed E-state index contributed by atoms with van der Waals surface area (Å²) >= 11 is 6.16. The second kappa shape index (κ2) is 10.00. The maximum Gasteiger partial charge on any atom is 0.453 e. The number of amides is 2. The lowest BCUT2D eigenvalue weighted by molar-refractivity contribution is -0.0600. The number of nitrogens with zero attached hydrogens (tertiary/aromatic N) is 7. The lowest BCUT2D eigenvalue weighted by Crippen LogP contribution is -2.48. The standard InChI is InChI=1S/C22H18ClF3N10O2/c1-11-12(9-27)5-6-14(20(38)29-2)17(11)36-21(22(24,25)26)32-34(33-36)10-13-8-16(18(28)37)35(31-13)19-15(23)4-3-7-30-19/h3-8,33H,10H2,1-2H3,(H2,28,37)(H,29,38). The van der Waals surface area contributed by atoms with E-state index in [0.717, 1.165) is 9.80 Å². The number of pyridine rings is 1. The first-order valence-corrected chi connectivity index (χ1v) is 11.1. The summed E-state index contributed by atoms with van der Waals surface area (Å²) in [4.78, 5) is 28.6. The minimum absolute atomic E-state index is 0.0616. The highest BCUT2D eigenvalue weighted by atomic mass is 35.5. The van der Waals surface area contributed by atoms with Crippen LogP contribution in [-0.4, -0.2) is 50.8 Å². The summed E-state index contributed by atoms with van der Waals surface area (Å²) in [6.45, 7) is 1.04. The summed E-state index contributed by atoms with van der Waals surface area (Å²) in [5, 5.41) is 21.2. The van der Waals surface area contributed by atoms with E-state index in [1.165, 1.54) is 44.4 Å². The quantitative estimate of drug-likeness (QED) is 0.424. The molecule has 3 aromatic rings. The van der Waals surface area contributed by atoms with Gasteiger partial charge in [0.1, 0.15) is 5.69 Å². The van der Waals surface area contributed by atoms with Gasteiger partial charge in [0.15, 0.2) is 5.82 Å². The summed E-state index contributed by atoms with van der Waals surface area (Å²) in [5.41, 5.74) is 7.75. The Morgan fingerprint density at radius 3 is 2.63 bits per heavy atom. The van der Waals surface area contributed by atoms with E-state index < -0.39 is 23.8 Å². The number of hydrazone groups is 1. The van der Waals surface area contributed by atoms with Crippen molar-refractivity contribution in [2.75, 3.05) is 12.1 Å². The number of nitriles is 1. The monoisotopic (exact) mass is 546 g/mol. The van der Waals surface area contributed by atoms with Crippen LogP contribution in [0.25, 0.3) is 5.82 Å². The van der Waals surface area contributed by atoms with E-state index in [9.17, 15) is 28.0 Å². The third kappa shape index (κ3) is 4.82. The molecule has 196 valence electrons. The van der Waals surface area contributed by atoms with Crippen molar-refractivity contribution in [2.45, 2.75) is 19.6 Å². The Bertz CT molecular complexity index is 1510. The van der Waals surface area contributed by atoms with Gasteiger partial charge in [0.25, 0.3) is 17.6 Å². The maximum absolute atomic E-state index is 14.1. The fraction of sp³-hybridized carbons (Fsp3) is 0.182. The molecule has 16 heteroatoms. The Kier molecular flexibility index (Phi) is 6.94. The van der Waals surface area contributed by atoms with E-state index in [-0.39, 0.29) is 51.2 Å². The number of amidine groups is 1. The van der Waals surface area contributed by atoms with Gasteiger partial charge in [-0.1, -0.05) is 11.6 Å². The predicted molar refractivity (Wildman–Crippen MR) is 129 cm³/mol. The van der Waals surface area contributed by atoms with Crippen LogP contribution >= 0.6 is 11.6 Å². The van der Waals surface area contributed by atoms with Crippen LogP contribution < -0.4 is 21.6 Å². The number of benzene rings is 1. The molecule has 2 amide bonds. The number of nitrogens with two attached hydrogens (primary N) is 1. The molecule has 0 unspecified atom stereocenters. The third-order valence-electron chi connectivity index (χ3n) is 5.41. The first-order valence-electron chi connectivity index (χ1n) is 10.7. The lowest BCUT2D eigenvalue weighted by atomic mass is 10.0. The molecular weight excluding hydrogens is 529 g/mol. The Hall–Kier alpha value is -4.68. The molecule has 38 heavy (non-hydrogen) atoms. The molecule has 0 saturated heterocycles. The number of hydrogen-bond donors (Lipinski definition) is 3. The van der Waals surface area contributed by atoms with Gasteiger partial charge in [0.2, 0.25) is 0 Å². The summed E-state index contributed by atoms with van der Waals surface area (Å²) in [7, 11) is 1.32. The fourth-order valence-corrected chi connectivity index (χ4v) is 3.91. The second-order valence-electron chi connectivity index (χ2n) is 7.85. The smallest absolute Gasteiger partial charge is 0.364 e. The SMILES string of the molecule is CNC(=O)c1ccc(C#N)c(C)c1N1NN(Cc2cc(C(N)=O)n(-c3ncccc3Cl)n2)N=C1C(F)(F)F. The van der Waals surface area contributed by atoms with Crippen LogP contribution in [0.4, 0.5) is 18.9 Å². The average Bonchev–Trinajstić information content (AvgIpc) is 3.48. The second-order valence-corrected chi connectivity index (χ2v) is 8.25. The van der Waals surface area contributed by atoms with Crippen LogP contribution in [0.1, 0.15) is 37.7 Å². The van der Waals surface area contributed by atoms with Crippen LogP contribution in [0.15, 0.2) is 41.6 Å². The number of hydrogen-bond acceptors (Lipinski definition) is 9. The molecule has 0 fully saturated rings. The van der Waals surface area contributed by atoms with Gasteiger partial charge in [-0.05, 0) is 42.8 Å². The molecular formula is C22H18ClF3N10O2. The van der Waals surface area contributed by atoms with Crippen molar-refractivity contribution >= 4 is 34.9 Å². The van der Waals surface area contributed by atoms with Crippen LogP contribution in [0, 0.1) is 18.3 Å². The van der Waals surface area contributed by atoms with E-state index in [1.807, 2.05) is 6.07 Å². The van der Waals surface area contributed by atoms with E-state index in [4.69, 9.17) is 17.3 Å². The molecule has 0 saturated carbocycles. The molecule has 0 spiro atoms. The molecule has 1 aromatic carbocycles. The van der Waals surface area contributed by atoms with Crippen LogP contribution in [-0.2, 0) is 6.54 Å². The van der Waals surface area contributed by atoms with E-state index in [2.05, 4.69) is 26.0 Å². The number of alkyl halides is 3. The molecule has 0 bridgehead atoms. The van der Waals surface area contributed by atoms with Crippen molar-refractivity contribution in [1.29, 1.82) is 5.26 Å². The number of rotatable bonds is 6. The highest BCUT2D eigenvalue weighted by Gasteiger charge is 2.46. The number of nitrogens with one attached hydrogen (secondary N) is 2. The Labute approximate surface area is 218 Å². The number of primary amides is 1. The largest absolute Gasteiger partial charge is 0.453 e. The molecule has 3 heterocycles. The minimum Gasteiger partial charge on any atom is -0.364 e. The molecule has 0 radical (unpaired) electrons. The van der Waals surface area contributed by atoms with Crippen molar-refractivity contribution in [1.82, 2.24) is 30.7 Å². The number of carbonyl (C=O) groups excluding carboxylic acids is 2. The number of anilines is 1. The number of aromatic nitrogens is 3. The number of hydrazine groups is 2. The van der Waals surface area contributed by atoms with Gasteiger partial charge >= 0.3 is 6.18 Å².